The molecule has 1 aliphatic rings. The van der Waals surface area contributed by atoms with Crippen molar-refractivity contribution in [1.29, 1.82) is 0 Å². The van der Waals surface area contributed by atoms with E-state index >= 15 is 0 Å². The highest BCUT2D eigenvalue weighted by Gasteiger charge is 2.14. The quantitative estimate of drug-likeness (QED) is 0.301. The Labute approximate surface area is 189 Å². The first-order valence-electron chi connectivity index (χ1n) is 9.90. The van der Waals surface area contributed by atoms with Gasteiger partial charge in [-0.05, 0) is 24.6 Å². The number of halogens is 3. The molecule has 2 aromatic carbocycles. The normalized spacial score (nSPS) is 14.7. The first kappa shape index (κ1) is 21.8. The summed E-state index contributed by atoms with van der Waals surface area (Å²) in [6.45, 7) is 4.94. The zero-order chi connectivity index (χ0) is 21.8. The van der Waals surface area contributed by atoms with Gasteiger partial charge in [-0.3, -0.25) is 4.90 Å². The summed E-state index contributed by atoms with van der Waals surface area (Å²) in [4.78, 5) is 10.9. The average Bonchev–Trinajstić information content (AvgIpc) is 2.76. The van der Waals surface area contributed by atoms with Crippen molar-refractivity contribution in [3.63, 3.8) is 0 Å². The van der Waals surface area contributed by atoms with E-state index in [9.17, 15) is 4.39 Å². The Hall–Kier alpha value is -2.39. The highest BCUT2D eigenvalue weighted by atomic mass is 35.5. The third-order valence-corrected chi connectivity index (χ3v) is 5.73. The standard InChI is InChI=1S/C21H22Cl2FN5O2/c22-14-9-16(24)19(10-15(14)23)28-21-13-8-17(25)20(11-18(13)26-12-27-21)31-5-1-2-29-3-6-30-7-4-29/h8-12H,1-7,25H2,(H,26,27,28). The SMILES string of the molecule is Nc1cc2c(Nc3cc(Cl)c(Cl)cc3F)ncnc2cc1OCCCN1CCOCC1. The Morgan fingerprint density at radius 1 is 1.13 bits per heavy atom. The van der Waals surface area contributed by atoms with Gasteiger partial charge >= 0.3 is 0 Å². The lowest BCUT2D eigenvalue weighted by molar-refractivity contribution is 0.0358. The topological polar surface area (TPSA) is 85.5 Å². The molecule has 1 saturated heterocycles. The maximum absolute atomic E-state index is 14.3. The van der Waals surface area contributed by atoms with Gasteiger partial charge in [0.2, 0.25) is 0 Å². The van der Waals surface area contributed by atoms with Gasteiger partial charge in [-0.2, -0.15) is 0 Å². The van der Waals surface area contributed by atoms with Gasteiger partial charge in [0.15, 0.2) is 0 Å². The van der Waals surface area contributed by atoms with Crippen LogP contribution in [0.25, 0.3) is 10.9 Å². The predicted octanol–water partition coefficient (Wildman–Crippen LogP) is 4.50. The molecule has 0 radical (unpaired) electrons. The van der Waals surface area contributed by atoms with Crippen molar-refractivity contribution in [2.75, 3.05) is 50.5 Å². The Balaban J connectivity index is 1.47. The van der Waals surface area contributed by atoms with Crippen molar-refractivity contribution in [3.05, 3.63) is 46.5 Å². The first-order valence-corrected chi connectivity index (χ1v) is 10.7. The minimum atomic E-state index is -0.547. The van der Waals surface area contributed by atoms with Gasteiger partial charge in [-0.15, -0.1) is 0 Å². The first-order chi connectivity index (χ1) is 15.0. The second-order valence-corrected chi connectivity index (χ2v) is 7.97. The molecule has 1 aliphatic heterocycles. The minimum Gasteiger partial charge on any atom is -0.491 e. The lowest BCUT2D eigenvalue weighted by Gasteiger charge is -2.26. The molecule has 10 heteroatoms. The highest BCUT2D eigenvalue weighted by molar-refractivity contribution is 6.42. The molecule has 7 nitrogen and oxygen atoms in total. The van der Waals surface area contributed by atoms with E-state index in [-0.39, 0.29) is 15.7 Å². The highest BCUT2D eigenvalue weighted by Crippen LogP contribution is 2.34. The van der Waals surface area contributed by atoms with Crippen LogP contribution in [0, 0.1) is 5.82 Å². The van der Waals surface area contributed by atoms with Crippen LogP contribution < -0.4 is 15.8 Å². The molecule has 0 aliphatic carbocycles. The van der Waals surface area contributed by atoms with E-state index in [0.29, 0.717) is 34.8 Å². The molecule has 3 aromatic rings. The van der Waals surface area contributed by atoms with Crippen LogP contribution in [0.3, 0.4) is 0 Å². The molecule has 0 saturated carbocycles. The largest absolute Gasteiger partial charge is 0.491 e. The molecule has 0 unspecified atom stereocenters. The summed E-state index contributed by atoms with van der Waals surface area (Å²) in [7, 11) is 0. The van der Waals surface area contributed by atoms with E-state index in [1.807, 2.05) is 0 Å². The number of aromatic nitrogens is 2. The van der Waals surface area contributed by atoms with Crippen molar-refractivity contribution in [2.45, 2.75) is 6.42 Å². The number of anilines is 3. The molecule has 31 heavy (non-hydrogen) atoms. The monoisotopic (exact) mass is 465 g/mol. The second kappa shape index (κ2) is 9.82. The Morgan fingerprint density at radius 2 is 1.90 bits per heavy atom. The number of benzene rings is 2. The number of fused-ring (bicyclic) bond motifs is 1. The number of nitrogen functional groups attached to an aromatic ring is 1. The number of nitrogens with zero attached hydrogens (tertiary/aromatic N) is 3. The number of nitrogens with one attached hydrogen (secondary N) is 1. The van der Waals surface area contributed by atoms with Crippen LogP contribution >= 0.6 is 23.2 Å². The van der Waals surface area contributed by atoms with Crippen LogP contribution in [0.2, 0.25) is 10.0 Å². The predicted molar refractivity (Wildman–Crippen MR) is 121 cm³/mol. The van der Waals surface area contributed by atoms with Crippen LogP contribution in [-0.4, -0.2) is 54.3 Å². The van der Waals surface area contributed by atoms with Crippen molar-refractivity contribution >= 4 is 51.3 Å². The van der Waals surface area contributed by atoms with Gasteiger partial charge in [0.25, 0.3) is 0 Å². The molecule has 0 bridgehead atoms. The van der Waals surface area contributed by atoms with Crippen molar-refractivity contribution in [3.8, 4) is 5.75 Å². The summed E-state index contributed by atoms with van der Waals surface area (Å²) in [6, 6.07) is 6.02. The average molecular weight is 466 g/mol. The molecule has 2 heterocycles. The molecule has 3 N–H and O–H groups in total. The summed E-state index contributed by atoms with van der Waals surface area (Å²) in [5, 5.41) is 3.94. The van der Waals surface area contributed by atoms with Gasteiger partial charge in [-0.1, -0.05) is 23.2 Å². The number of nitrogens with two attached hydrogens (primary N) is 1. The van der Waals surface area contributed by atoms with E-state index in [1.165, 1.54) is 12.4 Å². The molecule has 0 atom stereocenters. The summed E-state index contributed by atoms with van der Waals surface area (Å²) in [5.74, 6) is 0.405. The fraction of sp³-hybridized carbons (Fsp3) is 0.333. The molecular formula is C21H22Cl2FN5O2. The van der Waals surface area contributed by atoms with E-state index in [0.717, 1.165) is 45.3 Å². The molecule has 0 amide bonds. The van der Waals surface area contributed by atoms with Crippen molar-refractivity contribution in [2.24, 2.45) is 0 Å². The Bertz CT molecular complexity index is 1080. The second-order valence-electron chi connectivity index (χ2n) is 7.16. The van der Waals surface area contributed by atoms with Crippen LogP contribution in [0.4, 0.5) is 21.6 Å². The third-order valence-electron chi connectivity index (χ3n) is 5.01. The number of ether oxygens (including phenoxy) is 2. The number of hydrogen-bond acceptors (Lipinski definition) is 7. The van der Waals surface area contributed by atoms with E-state index in [2.05, 4.69) is 20.2 Å². The summed E-state index contributed by atoms with van der Waals surface area (Å²) >= 11 is 11.9. The van der Waals surface area contributed by atoms with E-state index < -0.39 is 5.82 Å². The molecule has 1 fully saturated rings. The van der Waals surface area contributed by atoms with Crippen molar-refractivity contribution in [1.82, 2.24) is 14.9 Å². The van der Waals surface area contributed by atoms with Crippen LogP contribution in [0.15, 0.2) is 30.6 Å². The van der Waals surface area contributed by atoms with Crippen LogP contribution in [0.1, 0.15) is 6.42 Å². The lowest BCUT2D eigenvalue weighted by Crippen LogP contribution is -2.37. The summed E-state index contributed by atoms with van der Waals surface area (Å²) < 4.78 is 25.5. The Kier molecular flexibility index (Phi) is 6.92. The van der Waals surface area contributed by atoms with Gasteiger partial charge in [-0.25, -0.2) is 14.4 Å². The Morgan fingerprint density at radius 3 is 2.71 bits per heavy atom. The zero-order valence-electron chi connectivity index (χ0n) is 16.7. The lowest BCUT2D eigenvalue weighted by atomic mass is 10.2. The molecule has 164 valence electrons. The fourth-order valence-corrected chi connectivity index (χ4v) is 3.68. The third kappa shape index (κ3) is 5.27. The number of morpholine rings is 1. The number of hydrogen-bond donors (Lipinski definition) is 2. The van der Waals surface area contributed by atoms with E-state index in [4.69, 9.17) is 38.4 Å². The van der Waals surface area contributed by atoms with Crippen LogP contribution in [-0.2, 0) is 4.74 Å². The minimum absolute atomic E-state index is 0.136. The van der Waals surface area contributed by atoms with Gasteiger partial charge in [0, 0.05) is 31.1 Å². The maximum Gasteiger partial charge on any atom is 0.148 e. The summed E-state index contributed by atoms with van der Waals surface area (Å²) in [6.07, 6.45) is 2.27. The van der Waals surface area contributed by atoms with Crippen molar-refractivity contribution < 1.29 is 13.9 Å². The molecule has 0 spiro atoms. The van der Waals surface area contributed by atoms with Gasteiger partial charge < -0.3 is 20.5 Å². The smallest absolute Gasteiger partial charge is 0.148 e. The molecule has 4 rings (SSSR count). The van der Waals surface area contributed by atoms with E-state index in [1.54, 1.807) is 12.1 Å². The molecule has 1 aromatic heterocycles. The van der Waals surface area contributed by atoms with Gasteiger partial charge in [0.1, 0.15) is 23.7 Å². The summed E-state index contributed by atoms with van der Waals surface area (Å²) in [5.41, 5.74) is 7.42. The number of rotatable bonds is 7. The van der Waals surface area contributed by atoms with Crippen LogP contribution in [0.5, 0.6) is 5.75 Å². The maximum atomic E-state index is 14.3. The van der Waals surface area contributed by atoms with Gasteiger partial charge in [0.05, 0.1) is 46.8 Å². The zero-order valence-corrected chi connectivity index (χ0v) is 18.2. The fourth-order valence-electron chi connectivity index (χ4n) is 3.37. The molecular weight excluding hydrogens is 444 g/mol.